The molecule has 0 saturated carbocycles. The fourth-order valence-electron chi connectivity index (χ4n) is 2.10. The van der Waals surface area contributed by atoms with Crippen molar-refractivity contribution in [3.8, 4) is 0 Å². The van der Waals surface area contributed by atoms with Gasteiger partial charge in [0.25, 0.3) is 0 Å². The number of rotatable bonds is 4. The first kappa shape index (κ1) is 29.4. The van der Waals surface area contributed by atoms with E-state index in [1.807, 2.05) is 24.3 Å². The molecule has 0 aliphatic carbocycles. The van der Waals surface area contributed by atoms with Crippen LogP contribution in [-0.2, 0) is 14.3 Å². The second-order valence-electron chi connectivity index (χ2n) is 5.18. The first-order chi connectivity index (χ1) is 10.7. The number of ether oxygens (including phenoxy) is 2. The summed E-state index contributed by atoms with van der Waals surface area (Å²) in [6.45, 7) is 2.95. The minimum absolute atomic E-state index is 0. The van der Waals surface area contributed by atoms with Gasteiger partial charge in [0.15, 0.2) is 6.29 Å². The number of carbonyl (C=O) groups excluding carboxylic acids is 1. The lowest BCUT2D eigenvalue weighted by molar-refractivity contribution is -0.102. The van der Waals surface area contributed by atoms with E-state index in [9.17, 15) is 4.79 Å². The van der Waals surface area contributed by atoms with E-state index in [0.29, 0.717) is 23.7 Å². The van der Waals surface area contributed by atoms with Crippen molar-refractivity contribution in [3.05, 3.63) is 29.8 Å². The molecule has 2 saturated heterocycles. The Hall–Kier alpha value is -1.33. The number of thioether (sulfide) groups is 1. The van der Waals surface area contributed by atoms with Crippen LogP contribution in [0.4, 0.5) is 0 Å². The van der Waals surface area contributed by atoms with Crippen LogP contribution in [0.5, 0.6) is 0 Å². The van der Waals surface area contributed by atoms with Gasteiger partial charge in [-0.25, -0.2) is 0 Å². The molecule has 8 nitrogen and oxygen atoms in total. The maximum Gasteiger partial charge on any atom is 0.168 e. The number of benzene rings is 1. The van der Waals surface area contributed by atoms with Crippen molar-refractivity contribution in [1.29, 1.82) is 5.41 Å². The summed E-state index contributed by atoms with van der Waals surface area (Å²) in [4.78, 5) is 11.6. The molecule has 2 fully saturated rings. The summed E-state index contributed by atoms with van der Waals surface area (Å²) in [6, 6.07) is 7.54. The number of hydrogen-bond acceptors (Lipinski definition) is 7. The second kappa shape index (κ2) is 15.9. The van der Waals surface area contributed by atoms with Crippen molar-refractivity contribution in [1.82, 2.24) is 6.15 Å². The molecule has 0 spiro atoms. The third-order valence-electron chi connectivity index (χ3n) is 3.38. The quantitative estimate of drug-likeness (QED) is 0.511. The average molecular weight is 395 g/mol. The lowest BCUT2D eigenvalue weighted by Crippen LogP contribution is -2.02. The number of carbonyl (C=O) groups is 1. The highest BCUT2D eigenvalue weighted by Crippen LogP contribution is 2.28. The van der Waals surface area contributed by atoms with E-state index in [1.165, 1.54) is 0 Å². The second-order valence-corrected chi connectivity index (χ2v) is 6.55. The zero-order valence-electron chi connectivity index (χ0n) is 14.1. The van der Waals surface area contributed by atoms with Crippen molar-refractivity contribution in [2.75, 3.05) is 26.4 Å². The lowest BCUT2D eigenvalue weighted by atomic mass is 10.1. The summed E-state index contributed by atoms with van der Waals surface area (Å²) >= 11 is 1.80. The first-order valence-electron chi connectivity index (χ1n) is 7.33. The van der Waals surface area contributed by atoms with Crippen LogP contribution < -0.4 is 6.15 Å². The van der Waals surface area contributed by atoms with Gasteiger partial charge in [-0.2, -0.15) is 0 Å². The van der Waals surface area contributed by atoms with Crippen LogP contribution in [0.25, 0.3) is 0 Å². The van der Waals surface area contributed by atoms with Gasteiger partial charge in [0.1, 0.15) is 5.71 Å². The lowest BCUT2D eigenvalue weighted by Gasteiger charge is -2.07. The maximum absolute atomic E-state index is 10.4. The molecule has 0 aromatic heterocycles. The molecule has 154 valence electrons. The van der Waals surface area contributed by atoms with Gasteiger partial charge < -0.3 is 31.7 Å². The molecule has 0 unspecified atom stereocenters. The van der Waals surface area contributed by atoms with Crippen LogP contribution >= 0.6 is 11.8 Å². The van der Waals surface area contributed by atoms with E-state index < -0.39 is 0 Å². The molecular formula is C17H34N2O6S. The summed E-state index contributed by atoms with van der Waals surface area (Å²) in [5.74, 6) is 0. The summed E-state index contributed by atoms with van der Waals surface area (Å²) in [5.41, 5.74) is 0.697. The Labute approximate surface area is 160 Å². The molecule has 2 atom stereocenters. The van der Waals surface area contributed by atoms with Gasteiger partial charge in [-0.3, -0.25) is 10.2 Å². The Morgan fingerprint density at radius 2 is 1.73 bits per heavy atom. The number of aliphatic hydroxyl groups excluding tert-OH is 1. The topological polar surface area (TPSA) is 178 Å². The number of nitrogens with one attached hydrogen (secondary N) is 1. The van der Waals surface area contributed by atoms with Gasteiger partial charge in [-0.15, -0.1) is 11.8 Å². The summed E-state index contributed by atoms with van der Waals surface area (Å²) in [5, 5.41) is 16.5. The average Bonchev–Trinajstić information content (AvgIpc) is 3.22. The van der Waals surface area contributed by atoms with Crippen LogP contribution in [0.2, 0.25) is 0 Å². The van der Waals surface area contributed by atoms with E-state index in [-0.39, 0.29) is 37.8 Å². The molecule has 0 bridgehead atoms. The Morgan fingerprint density at radius 3 is 2.12 bits per heavy atom. The summed E-state index contributed by atoms with van der Waals surface area (Å²) < 4.78 is 10.1. The number of hydrogen-bond donors (Lipinski definition) is 3. The molecule has 3 rings (SSSR count). The highest BCUT2D eigenvalue weighted by molar-refractivity contribution is 8.00. The van der Waals surface area contributed by atoms with Gasteiger partial charge in [-0.1, -0.05) is 19.6 Å². The van der Waals surface area contributed by atoms with Crippen molar-refractivity contribution in [2.45, 2.75) is 36.5 Å². The van der Waals surface area contributed by atoms with Crippen LogP contribution in [0.3, 0.4) is 0 Å². The van der Waals surface area contributed by atoms with Crippen LogP contribution in [0, 0.1) is 5.41 Å². The van der Waals surface area contributed by atoms with E-state index in [1.54, 1.807) is 11.8 Å². The van der Waals surface area contributed by atoms with E-state index >= 15 is 0 Å². The molecule has 1 aromatic carbocycles. The van der Waals surface area contributed by atoms with Crippen LogP contribution in [0.1, 0.15) is 27.3 Å². The zero-order chi connectivity index (χ0) is 15.8. The van der Waals surface area contributed by atoms with Crippen molar-refractivity contribution < 1.29 is 31.8 Å². The molecule has 26 heavy (non-hydrogen) atoms. The van der Waals surface area contributed by atoms with Crippen molar-refractivity contribution in [3.63, 3.8) is 0 Å². The van der Waals surface area contributed by atoms with Gasteiger partial charge in [0, 0.05) is 30.3 Å². The van der Waals surface area contributed by atoms with Crippen LogP contribution in [0.15, 0.2) is 29.2 Å². The van der Waals surface area contributed by atoms with Gasteiger partial charge in [0.05, 0.1) is 19.3 Å². The van der Waals surface area contributed by atoms with Crippen LogP contribution in [-0.4, -0.2) is 65.8 Å². The van der Waals surface area contributed by atoms with E-state index in [0.717, 1.165) is 37.6 Å². The molecule has 2 aliphatic rings. The Balaban J connectivity index is -0.000000211. The van der Waals surface area contributed by atoms with Gasteiger partial charge >= 0.3 is 0 Å². The molecule has 2 heterocycles. The van der Waals surface area contributed by atoms with E-state index in [2.05, 4.69) is 0 Å². The van der Waals surface area contributed by atoms with Gasteiger partial charge in [-0.05, 0) is 25.0 Å². The van der Waals surface area contributed by atoms with Gasteiger partial charge in [0.2, 0.25) is 0 Å². The van der Waals surface area contributed by atoms with E-state index in [4.69, 9.17) is 20.0 Å². The fraction of sp³-hybridized carbons (Fsp3) is 0.529. The third kappa shape index (κ3) is 9.97. The van der Waals surface area contributed by atoms with Crippen molar-refractivity contribution in [2.24, 2.45) is 0 Å². The number of aldehydes is 1. The summed E-state index contributed by atoms with van der Waals surface area (Å²) in [7, 11) is 0. The minimum Gasteiger partial charge on any atom is -0.412 e. The van der Waals surface area contributed by atoms with Crippen molar-refractivity contribution >= 4 is 23.8 Å². The Kier molecular flexibility index (Phi) is 18.0. The normalized spacial score (nSPS) is 20.0. The molecule has 9 heteroatoms. The third-order valence-corrected chi connectivity index (χ3v) is 4.63. The maximum atomic E-state index is 10.4. The molecule has 1 aromatic rings. The molecule has 2 aliphatic heterocycles. The highest BCUT2D eigenvalue weighted by Gasteiger charge is 2.16. The first-order valence-corrected chi connectivity index (χ1v) is 8.21. The molecule has 0 amide bonds. The fourth-order valence-corrected chi connectivity index (χ4v) is 3.16. The minimum atomic E-state index is -0.176. The monoisotopic (exact) mass is 394 g/mol. The predicted molar refractivity (Wildman–Crippen MR) is 107 cm³/mol. The SMILES string of the molecule is C.N.N=C(C=O)c1ccc(S[C@H]2CCOC2)cc1.O.O.O[C@@H]1CCOC1.[HH]. The zero-order valence-corrected chi connectivity index (χ0v) is 14.9. The largest absolute Gasteiger partial charge is 0.412 e. The Morgan fingerprint density at radius 1 is 1.15 bits per heavy atom. The Bertz CT molecular complexity index is 495. The highest BCUT2D eigenvalue weighted by atomic mass is 32.2. The molecule has 9 N–H and O–H groups in total. The molecule has 0 radical (unpaired) electrons. The number of aliphatic hydroxyl groups is 1. The summed E-state index contributed by atoms with van der Waals surface area (Å²) in [6.07, 6.45) is 2.30. The smallest absolute Gasteiger partial charge is 0.168 e. The standard InChI is InChI=1S/C12H13NO2S.C4H8O2.CH4.H3N.2H2O.H2/c13-12(7-14)9-1-3-10(4-2-9)16-11-5-6-15-8-11;5-4-1-2-6-3-4;;;;;/h1-4,7,11,13H,5-6,8H2;4-5H,1-3H2;1H4;1H3;2*1H2;1H/t11-;4-;;;;;/m01...../s1. The molecular weight excluding hydrogens is 360 g/mol. The predicted octanol–water partition coefficient (Wildman–Crippen LogP) is 1.30.